The minimum absolute atomic E-state index is 0.0510. The van der Waals surface area contributed by atoms with Gasteiger partial charge in [-0.1, -0.05) is 42.5 Å². The van der Waals surface area contributed by atoms with Gasteiger partial charge in [-0.05, 0) is 60.7 Å². The molecule has 1 saturated carbocycles. The average Bonchev–Trinajstić information content (AvgIpc) is 3.25. The van der Waals surface area contributed by atoms with E-state index in [1.165, 1.54) is 22.4 Å². The van der Waals surface area contributed by atoms with E-state index in [2.05, 4.69) is 59.6 Å². The number of nitrogens with one attached hydrogen (secondary N) is 1. The fourth-order valence-corrected chi connectivity index (χ4v) is 5.42. The van der Waals surface area contributed by atoms with E-state index >= 15 is 0 Å². The van der Waals surface area contributed by atoms with Crippen molar-refractivity contribution in [3.05, 3.63) is 77.6 Å². The smallest absolute Gasteiger partial charge is 0.306 e. The Balaban J connectivity index is 1.28. The van der Waals surface area contributed by atoms with Crippen molar-refractivity contribution in [1.29, 1.82) is 0 Å². The van der Waals surface area contributed by atoms with Gasteiger partial charge in [-0.3, -0.25) is 4.79 Å². The summed E-state index contributed by atoms with van der Waals surface area (Å²) in [6.45, 7) is 3.81. The normalized spacial score (nSPS) is 25.7. The Morgan fingerprint density at radius 2 is 1.91 bits per heavy atom. The first-order chi connectivity index (χ1) is 15.8. The molecule has 5 rings (SSSR count). The molecule has 0 aromatic heterocycles. The zero-order valence-corrected chi connectivity index (χ0v) is 18.7. The molecule has 2 fully saturated rings. The Hall–Kier alpha value is -2.96. The van der Waals surface area contributed by atoms with Crippen LogP contribution in [-0.4, -0.2) is 35.3 Å². The van der Waals surface area contributed by atoms with Crippen molar-refractivity contribution in [2.24, 2.45) is 5.92 Å². The number of fused-ring (bicyclic) bond motifs is 1. The third-order valence-electron chi connectivity index (χ3n) is 7.30. The molecule has 6 heteroatoms. The van der Waals surface area contributed by atoms with Gasteiger partial charge in [-0.2, -0.15) is 0 Å². The Labute approximate surface area is 192 Å². The van der Waals surface area contributed by atoms with Crippen molar-refractivity contribution < 1.29 is 19.4 Å². The maximum Gasteiger partial charge on any atom is 0.306 e. The number of carbonyl (C=O) groups is 1. The number of benzene rings is 3. The number of rotatable bonds is 6. The largest absolute Gasteiger partial charge is 0.481 e. The molecule has 1 aliphatic heterocycles. The van der Waals surface area contributed by atoms with Gasteiger partial charge in [-0.25, -0.2) is 4.39 Å². The van der Waals surface area contributed by atoms with Crippen LogP contribution in [0, 0.1) is 11.7 Å². The molecule has 2 atom stereocenters. The molecule has 0 radical (unpaired) electrons. The van der Waals surface area contributed by atoms with Gasteiger partial charge in [0.05, 0.1) is 11.5 Å². The number of carboxylic acid groups (broad SMARTS) is 1. The lowest BCUT2D eigenvalue weighted by atomic mass is 9.67. The quantitative estimate of drug-likeness (QED) is 0.514. The van der Waals surface area contributed by atoms with E-state index in [9.17, 15) is 14.3 Å². The van der Waals surface area contributed by atoms with Crippen LogP contribution in [-0.2, 0) is 10.4 Å². The zero-order valence-electron chi connectivity index (χ0n) is 18.7. The number of halogens is 1. The Morgan fingerprint density at radius 3 is 2.70 bits per heavy atom. The molecule has 33 heavy (non-hydrogen) atoms. The minimum atomic E-state index is -1.40. The first kappa shape index (κ1) is 21.9. The zero-order chi connectivity index (χ0) is 23.2. The molecule has 0 bridgehead atoms. The summed E-state index contributed by atoms with van der Waals surface area (Å²) in [5.41, 5.74) is 0.943. The molecule has 0 spiro atoms. The average molecular weight is 449 g/mol. The van der Waals surface area contributed by atoms with E-state index in [0.717, 1.165) is 25.2 Å². The number of aliphatic carboxylic acids is 1. The summed E-state index contributed by atoms with van der Waals surface area (Å²) in [7, 11) is 0. The number of nitrogens with zero attached hydrogens (tertiary/aromatic N) is 1. The summed E-state index contributed by atoms with van der Waals surface area (Å²) in [5, 5.41) is 26.2. The minimum Gasteiger partial charge on any atom is -0.481 e. The first-order valence-electron chi connectivity index (χ1n) is 11.6. The van der Waals surface area contributed by atoms with Crippen molar-refractivity contribution >= 4 is 22.4 Å². The van der Waals surface area contributed by atoms with Gasteiger partial charge in [0.2, 0.25) is 0 Å². The van der Waals surface area contributed by atoms with Crippen molar-refractivity contribution in [2.45, 2.75) is 43.9 Å². The van der Waals surface area contributed by atoms with Crippen molar-refractivity contribution in [2.75, 3.05) is 18.0 Å². The number of hydrogen-bond acceptors (Lipinski definition) is 4. The molecule has 0 amide bonds. The van der Waals surface area contributed by atoms with E-state index in [4.69, 9.17) is 5.11 Å². The van der Waals surface area contributed by atoms with Crippen LogP contribution in [0.25, 0.3) is 10.8 Å². The molecule has 5 nitrogen and oxygen atoms in total. The summed E-state index contributed by atoms with van der Waals surface area (Å²) in [6.07, 6.45) is 1.07. The standard InChI is InChI=1S/C27H29FN2O3/c1-17(22-8-4-6-18-5-2-3-7-23(18)22)29-20-11-12-30(16-20)21-9-10-25(28)24(13-21)27(33)14-19(15-27)26(31)32/h2-10,13,17,19-20,29,33H,11-12,14-16H2,1H3,(H,31,32)/t17-,19?,20+,27?/m1/s1. The highest BCUT2D eigenvalue weighted by molar-refractivity contribution is 5.86. The van der Waals surface area contributed by atoms with Crippen LogP contribution in [0.15, 0.2) is 60.7 Å². The van der Waals surface area contributed by atoms with Gasteiger partial charge in [0, 0.05) is 36.4 Å². The van der Waals surface area contributed by atoms with Gasteiger partial charge >= 0.3 is 5.97 Å². The maximum atomic E-state index is 14.5. The predicted octanol–water partition coefficient (Wildman–Crippen LogP) is 4.59. The third kappa shape index (κ3) is 4.09. The van der Waals surface area contributed by atoms with Crippen LogP contribution >= 0.6 is 0 Å². The van der Waals surface area contributed by atoms with E-state index in [1.807, 2.05) is 0 Å². The van der Waals surface area contributed by atoms with Gasteiger partial charge in [0.15, 0.2) is 0 Å². The fraction of sp³-hybridized carbons (Fsp3) is 0.370. The Kier molecular flexibility index (Phi) is 5.59. The third-order valence-corrected chi connectivity index (χ3v) is 7.30. The molecule has 3 aromatic carbocycles. The second kappa shape index (κ2) is 8.43. The van der Waals surface area contributed by atoms with E-state index in [0.29, 0.717) is 0 Å². The SMILES string of the molecule is C[C@@H](N[C@H]1CCN(c2ccc(F)c(C3(O)CC(C(=O)O)C3)c2)C1)c1cccc2ccccc12. The Bertz CT molecular complexity index is 1190. The summed E-state index contributed by atoms with van der Waals surface area (Å²) >= 11 is 0. The number of hydrogen-bond donors (Lipinski definition) is 3. The van der Waals surface area contributed by atoms with Gasteiger partial charge < -0.3 is 20.4 Å². The molecule has 3 aromatic rings. The molecule has 1 heterocycles. The van der Waals surface area contributed by atoms with Crippen LogP contribution in [0.3, 0.4) is 0 Å². The van der Waals surface area contributed by atoms with Gasteiger partial charge in [-0.15, -0.1) is 0 Å². The molecule has 2 aliphatic rings. The van der Waals surface area contributed by atoms with Gasteiger partial charge in [0.25, 0.3) is 0 Å². The molecular formula is C27H29FN2O3. The van der Waals surface area contributed by atoms with E-state index in [-0.39, 0.29) is 30.5 Å². The summed E-state index contributed by atoms with van der Waals surface area (Å²) in [4.78, 5) is 13.3. The molecule has 172 valence electrons. The molecular weight excluding hydrogens is 419 g/mol. The van der Waals surface area contributed by atoms with Crippen molar-refractivity contribution in [3.63, 3.8) is 0 Å². The van der Waals surface area contributed by atoms with Crippen molar-refractivity contribution in [1.82, 2.24) is 5.32 Å². The molecule has 1 saturated heterocycles. The highest BCUT2D eigenvalue weighted by Crippen LogP contribution is 2.47. The van der Waals surface area contributed by atoms with Gasteiger partial charge in [0.1, 0.15) is 5.82 Å². The number of aliphatic hydroxyl groups is 1. The number of carboxylic acids is 1. The molecule has 3 N–H and O–H groups in total. The highest BCUT2D eigenvalue weighted by Gasteiger charge is 2.49. The highest BCUT2D eigenvalue weighted by atomic mass is 19.1. The van der Waals surface area contributed by atoms with Crippen LogP contribution < -0.4 is 10.2 Å². The monoisotopic (exact) mass is 448 g/mol. The van der Waals surface area contributed by atoms with Crippen LogP contribution in [0.5, 0.6) is 0 Å². The summed E-state index contributed by atoms with van der Waals surface area (Å²) < 4.78 is 14.5. The lowest BCUT2D eigenvalue weighted by Gasteiger charge is -2.42. The van der Waals surface area contributed by atoms with Crippen LogP contribution in [0.1, 0.15) is 43.4 Å². The van der Waals surface area contributed by atoms with Crippen LogP contribution in [0.2, 0.25) is 0 Å². The Morgan fingerprint density at radius 1 is 1.15 bits per heavy atom. The van der Waals surface area contributed by atoms with Crippen molar-refractivity contribution in [3.8, 4) is 0 Å². The lowest BCUT2D eigenvalue weighted by Crippen LogP contribution is -2.45. The predicted molar refractivity (Wildman–Crippen MR) is 127 cm³/mol. The number of anilines is 1. The molecule has 1 aliphatic carbocycles. The fourth-order valence-electron chi connectivity index (χ4n) is 5.42. The first-order valence-corrected chi connectivity index (χ1v) is 11.6. The maximum absolute atomic E-state index is 14.5. The second-order valence-corrected chi connectivity index (χ2v) is 9.53. The molecule has 0 unspecified atom stereocenters. The van der Waals surface area contributed by atoms with Crippen LogP contribution in [0.4, 0.5) is 10.1 Å². The lowest BCUT2D eigenvalue weighted by molar-refractivity contribution is -0.159. The van der Waals surface area contributed by atoms with E-state index < -0.39 is 23.3 Å². The van der Waals surface area contributed by atoms with E-state index in [1.54, 1.807) is 12.1 Å². The second-order valence-electron chi connectivity index (χ2n) is 9.53. The summed E-state index contributed by atoms with van der Waals surface area (Å²) in [5.74, 6) is -2.04. The summed E-state index contributed by atoms with van der Waals surface area (Å²) in [6, 6.07) is 20.1. The topological polar surface area (TPSA) is 72.8 Å².